The van der Waals surface area contributed by atoms with Crippen LogP contribution in [0.4, 0.5) is 4.39 Å². The Labute approximate surface area is 192 Å². The van der Waals surface area contributed by atoms with Crippen LogP contribution in [0.5, 0.6) is 0 Å². The van der Waals surface area contributed by atoms with Gasteiger partial charge in [0.15, 0.2) is 5.96 Å². The molecular weight excluding hydrogens is 520 g/mol. The van der Waals surface area contributed by atoms with E-state index in [4.69, 9.17) is 5.14 Å². The molecule has 0 aliphatic carbocycles. The fourth-order valence-electron chi connectivity index (χ4n) is 3.01. The van der Waals surface area contributed by atoms with E-state index in [1.54, 1.807) is 18.2 Å². The first kappa shape index (κ1) is 24.1. The molecule has 0 saturated carbocycles. The van der Waals surface area contributed by atoms with Crippen molar-refractivity contribution < 1.29 is 12.8 Å². The molecule has 0 spiro atoms. The van der Waals surface area contributed by atoms with E-state index in [-0.39, 0.29) is 34.7 Å². The number of benzene rings is 2. The summed E-state index contributed by atoms with van der Waals surface area (Å²) in [5.41, 5.74) is 2.60. The average molecular weight is 545 g/mol. The second-order valence-electron chi connectivity index (χ2n) is 6.57. The fourth-order valence-corrected chi connectivity index (χ4v) is 3.60. The van der Waals surface area contributed by atoms with Crippen molar-refractivity contribution in [2.75, 3.05) is 13.1 Å². The Hall–Kier alpha value is -2.18. The highest BCUT2D eigenvalue weighted by Gasteiger charge is 2.08. The molecule has 1 heterocycles. The van der Waals surface area contributed by atoms with Gasteiger partial charge < -0.3 is 15.6 Å². The van der Waals surface area contributed by atoms with Crippen molar-refractivity contribution >= 4 is 50.9 Å². The Kier molecular flexibility index (Phi) is 8.62. The third-order valence-electron chi connectivity index (χ3n) is 4.41. The molecule has 2 aromatic carbocycles. The number of halogens is 2. The van der Waals surface area contributed by atoms with Gasteiger partial charge >= 0.3 is 0 Å². The number of aromatic amines is 1. The molecule has 0 aliphatic heterocycles. The summed E-state index contributed by atoms with van der Waals surface area (Å²) in [6.07, 6.45) is 2.62. The molecule has 0 bridgehead atoms. The molecule has 0 atom stereocenters. The van der Waals surface area contributed by atoms with Crippen LogP contribution in [0.1, 0.15) is 18.1 Å². The van der Waals surface area contributed by atoms with Crippen LogP contribution in [-0.2, 0) is 23.0 Å². The smallest absolute Gasteiger partial charge is 0.238 e. The van der Waals surface area contributed by atoms with Crippen molar-refractivity contribution in [3.63, 3.8) is 0 Å². The second kappa shape index (κ2) is 10.7. The molecular formula is C20H25FIN5O2S. The van der Waals surface area contributed by atoms with Gasteiger partial charge in [0.1, 0.15) is 5.82 Å². The molecule has 7 nitrogen and oxygen atoms in total. The minimum Gasteiger partial charge on any atom is -0.361 e. The summed E-state index contributed by atoms with van der Waals surface area (Å²) >= 11 is 0. The van der Waals surface area contributed by atoms with Crippen LogP contribution in [-0.4, -0.2) is 32.5 Å². The largest absolute Gasteiger partial charge is 0.361 e. The second-order valence-corrected chi connectivity index (χ2v) is 8.13. The molecule has 0 radical (unpaired) electrons. The fraction of sp³-hybridized carbons (Fsp3) is 0.250. The van der Waals surface area contributed by atoms with Gasteiger partial charge in [0.25, 0.3) is 0 Å². The number of hydrogen-bond acceptors (Lipinski definition) is 3. The first-order valence-corrected chi connectivity index (χ1v) is 10.8. The molecule has 1 aromatic heterocycles. The van der Waals surface area contributed by atoms with Crippen molar-refractivity contribution in [1.29, 1.82) is 0 Å². The lowest BCUT2D eigenvalue weighted by Gasteiger charge is -2.11. The SMILES string of the molecule is CCNC(=NCc1cccc(S(N)(=O)=O)c1)NCCc1c[nH]c2cc(F)ccc12.I. The highest BCUT2D eigenvalue weighted by Crippen LogP contribution is 2.19. The van der Waals surface area contributed by atoms with Crippen LogP contribution in [0.25, 0.3) is 10.9 Å². The Morgan fingerprint density at radius 1 is 1.20 bits per heavy atom. The lowest BCUT2D eigenvalue weighted by atomic mass is 10.1. The number of aliphatic imine (C=N–C) groups is 1. The summed E-state index contributed by atoms with van der Waals surface area (Å²) in [5.74, 6) is 0.358. The normalized spacial score (nSPS) is 11.9. The van der Waals surface area contributed by atoms with E-state index >= 15 is 0 Å². The van der Waals surface area contributed by atoms with E-state index < -0.39 is 10.0 Å². The van der Waals surface area contributed by atoms with Gasteiger partial charge in [-0.1, -0.05) is 12.1 Å². The summed E-state index contributed by atoms with van der Waals surface area (Å²) in [5, 5.41) is 12.6. The lowest BCUT2D eigenvalue weighted by Crippen LogP contribution is -2.38. The molecule has 5 N–H and O–H groups in total. The van der Waals surface area contributed by atoms with Crippen molar-refractivity contribution in [2.45, 2.75) is 24.8 Å². The number of rotatable bonds is 7. The van der Waals surface area contributed by atoms with Crippen molar-refractivity contribution in [1.82, 2.24) is 15.6 Å². The van der Waals surface area contributed by atoms with E-state index in [1.807, 2.05) is 13.1 Å². The number of nitrogens with two attached hydrogens (primary N) is 1. The number of H-pyrrole nitrogens is 1. The highest BCUT2D eigenvalue weighted by atomic mass is 127. The van der Waals surface area contributed by atoms with Crippen LogP contribution in [0.2, 0.25) is 0 Å². The topological polar surface area (TPSA) is 112 Å². The molecule has 0 aliphatic rings. The molecule has 0 saturated heterocycles. The zero-order chi connectivity index (χ0) is 20.9. The number of hydrogen-bond donors (Lipinski definition) is 4. The van der Waals surface area contributed by atoms with Crippen LogP contribution < -0.4 is 15.8 Å². The van der Waals surface area contributed by atoms with Crippen LogP contribution in [0, 0.1) is 5.82 Å². The Bertz CT molecular complexity index is 1130. The predicted molar refractivity (Wildman–Crippen MR) is 128 cm³/mol. The molecule has 10 heteroatoms. The Morgan fingerprint density at radius 3 is 2.73 bits per heavy atom. The number of aromatic nitrogens is 1. The minimum atomic E-state index is -3.74. The monoisotopic (exact) mass is 545 g/mol. The van der Waals surface area contributed by atoms with Gasteiger partial charge in [-0.15, -0.1) is 24.0 Å². The van der Waals surface area contributed by atoms with Crippen molar-refractivity contribution in [3.8, 4) is 0 Å². The first-order chi connectivity index (χ1) is 13.9. The number of nitrogens with one attached hydrogen (secondary N) is 3. The van der Waals surface area contributed by atoms with Crippen LogP contribution >= 0.6 is 24.0 Å². The van der Waals surface area contributed by atoms with Gasteiger partial charge in [0.2, 0.25) is 10.0 Å². The number of guanidine groups is 1. The summed E-state index contributed by atoms with van der Waals surface area (Å²) in [4.78, 5) is 7.65. The maximum Gasteiger partial charge on any atom is 0.238 e. The van der Waals surface area contributed by atoms with Crippen molar-refractivity contribution in [2.24, 2.45) is 10.1 Å². The van der Waals surface area contributed by atoms with E-state index in [1.165, 1.54) is 24.3 Å². The molecule has 3 rings (SSSR count). The van der Waals surface area contributed by atoms with E-state index in [2.05, 4.69) is 20.6 Å². The molecule has 0 amide bonds. The number of sulfonamides is 1. The molecule has 3 aromatic rings. The average Bonchev–Trinajstić information content (AvgIpc) is 3.07. The third-order valence-corrected chi connectivity index (χ3v) is 5.32. The minimum absolute atomic E-state index is 0. The molecule has 162 valence electrons. The quantitative estimate of drug-likeness (QED) is 0.208. The van der Waals surface area contributed by atoms with E-state index in [0.29, 0.717) is 25.6 Å². The molecule has 0 unspecified atom stereocenters. The third kappa shape index (κ3) is 6.41. The van der Waals surface area contributed by atoms with Gasteiger partial charge in [-0.05, 0) is 54.8 Å². The number of nitrogens with zero attached hydrogens (tertiary/aromatic N) is 1. The molecule has 0 fully saturated rings. The summed E-state index contributed by atoms with van der Waals surface area (Å²) in [6, 6.07) is 11.1. The summed E-state index contributed by atoms with van der Waals surface area (Å²) in [6.45, 7) is 3.60. The van der Waals surface area contributed by atoms with Crippen LogP contribution in [0.3, 0.4) is 0 Å². The van der Waals surface area contributed by atoms with Gasteiger partial charge in [0, 0.05) is 30.2 Å². The van der Waals surface area contributed by atoms with Gasteiger partial charge in [-0.2, -0.15) is 0 Å². The van der Waals surface area contributed by atoms with E-state index in [9.17, 15) is 12.8 Å². The van der Waals surface area contributed by atoms with E-state index in [0.717, 1.165) is 28.5 Å². The maximum absolute atomic E-state index is 13.3. The zero-order valence-electron chi connectivity index (χ0n) is 16.5. The Balaban J connectivity index is 0.00000320. The lowest BCUT2D eigenvalue weighted by molar-refractivity contribution is 0.597. The number of fused-ring (bicyclic) bond motifs is 1. The van der Waals surface area contributed by atoms with Crippen molar-refractivity contribution in [3.05, 3.63) is 65.6 Å². The predicted octanol–water partition coefficient (Wildman–Crippen LogP) is 2.87. The highest BCUT2D eigenvalue weighted by molar-refractivity contribution is 14.0. The Morgan fingerprint density at radius 2 is 2.00 bits per heavy atom. The van der Waals surface area contributed by atoms with Gasteiger partial charge in [-0.3, -0.25) is 0 Å². The van der Waals surface area contributed by atoms with Gasteiger partial charge in [-0.25, -0.2) is 22.9 Å². The zero-order valence-corrected chi connectivity index (χ0v) is 19.6. The number of primary sulfonamides is 1. The summed E-state index contributed by atoms with van der Waals surface area (Å²) in [7, 11) is -3.74. The molecule has 30 heavy (non-hydrogen) atoms. The summed E-state index contributed by atoms with van der Waals surface area (Å²) < 4.78 is 36.3. The van der Waals surface area contributed by atoms with Crippen LogP contribution in [0.15, 0.2) is 58.5 Å². The van der Waals surface area contributed by atoms with Gasteiger partial charge in [0.05, 0.1) is 11.4 Å². The maximum atomic E-state index is 13.3. The standard InChI is InChI=1S/C20H24FN5O2S.HI/c1-2-23-20(26-12-14-4-3-5-17(10-14)29(22,27)28)24-9-8-15-13-25-19-11-16(21)6-7-18(15)19;/h3-7,10-11,13,25H,2,8-9,12H2,1H3,(H2,22,27,28)(H2,23,24,26);1H. The first-order valence-electron chi connectivity index (χ1n) is 9.26.